The molecule has 0 aliphatic carbocycles. The highest BCUT2D eigenvalue weighted by molar-refractivity contribution is 4.89. The second kappa shape index (κ2) is 7.34. The largest absolute Gasteiger partial charge is 0.385 e. The summed E-state index contributed by atoms with van der Waals surface area (Å²) >= 11 is 0. The minimum Gasteiger partial charge on any atom is -0.385 e. The van der Waals surface area contributed by atoms with E-state index < -0.39 is 0 Å². The van der Waals surface area contributed by atoms with Crippen LogP contribution < -0.4 is 5.32 Å². The van der Waals surface area contributed by atoms with Crippen molar-refractivity contribution in [3.8, 4) is 0 Å². The summed E-state index contributed by atoms with van der Waals surface area (Å²) in [6.45, 7) is 10.6. The van der Waals surface area contributed by atoms with Gasteiger partial charge in [0.1, 0.15) is 0 Å². The smallest absolute Gasteiger partial charge is 0.0471 e. The lowest BCUT2D eigenvalue weighted by atomic mass is 9.69. The molecule has 1 aliphatic heterocycles. The maximum atomic E-state index is 5.53. The van der Waals surface area contributed by atoms with Crippen LogP contribution in [0.2, 0.25) is 0 Å². The Hall–Kier alpha value is -0.120. The van der Waals surface area contributed by atoms with E-state index in [9.17, 15) is 0 Å². The monoisotopic (exact) mass is 243 g/mol. The van der Waals surface area contributed by atoms with Gasteiger partial charge < -0.3 is 14.8 Å². The Bertz CT molecular complexity index is 200. The fraction of sp³-hybridized carbons (Fsp3) is 1.00. The average Bonchev–Trinajstić information content (AvgIpc) is 2.34. The Morgan fingerprint density at radius 1 is 1.24 bits per heavy atom. The molecule has 0 aromatic rings. The molecular weight excluding hydrogens is 214 g/mol. The van der Waals surface area contributed by atoms with E-state index in [0.717, 1.165) is 32.8 Å². The first kappa shape index (κ1) is 14.9. The highest BCUT2D eigenvalue weighted by Gasteiger charge is 2.37. The van der Waals surface area contributed by atoms with Gasteiger partial charge in [0.25, 0.3) is 0 Å². The van der Waals surface area contributed by atoms with Crippen molar-refractivity contribution < 1.29 is 9.47 Å². The summed E-state index contributed by atoms with van der Waals surface area (Å²) in [7, 11) is 1.79. The molecule has 1 unspecified atom stereocenters. The first-order valence-corrected chi connectivity index (χ1v) is 6.91. The molecule has 1 heterocycles. The standard InChI is InChI=1S/C14H29NO2/c1-12(2)15-11-14(6-9-17-10-7-14)13(3)5-8-16-4/h12-13,15H,5-11H2,1-4H3. The third kappa shape index (κ3) is 4.57. The topological polar surface area (TPSA) is 30.5 Å². The van der Waals surface area contributed by atoms with Gasteiger partial charge in [-0.2, -0.15) is 0 Å². The van der Waals surface area contributed by atoms with Crippen molar-refractivity contribution in [2.24, 2.45) is 11.3 Å². The molecule has 17 heavy (non-hydrogen) atoms. The van der Waals surface area contributed by atoms with E-state index in [0.29, 0.717) is 17.4 Å². The fourth-order valence-corrected chi connectivity index (χ4v) is 2.63. The van der Waals surface area contributed by atoms with Crippen molar-refractivity contribution in [2.75, 3.05) is 33.5 Å². The van der Waals surface area contributed by atoms with Crippen molar-refractivity contribution >= 4 is 0 Å². The average molecular weight is 243 g/mol. The Morgan fingerprint density at radius 3 is 2.41 bits per heavy atom. The number of methoxy groups -OCH3 is 1. The number of ether oxygens (including phenoxy) is 2. The van der Waals surface area contributed by atoms with Gasteiger partial charge in [-0.3, -0.25) is 0 Å². The fourth-order valence-electron chi connectivity index (χ4n) is 2.63. The lowest BCUT2D eigenvalue weighted by Crippen LogP contribution is -2.45. The van der Waals surface area contributed by atoms with Gasteiger partial charge in [0, 0.05) is 39.5 Å². The zero-order valence-corrected chi connectivity index (χ0v) is 11.9. The van der Waals surface area contributed by atoms with Crippen LogP contribution in [0.5, 0.6) is 0 Å². The molecule has 3 nitrogen and oxygen atoms in total. The van der Waals surface area contributed by atoms with Gasteiger partial charge in [0.15, 0.2) is 0 Å². The minimum absolute atomic E-state index is 0.404. The van der Waals surface area contributed by atoms with E-state index >= 15 is 0 Å². The lowest BCUT2D eigenvalue weighted by Gasteiger charge is -2.43. The third-order valence-electron chi connectivity index (χ3n) is 4.15. The van der Waals surface area contributed by atoms with Crippen LogP contribution in [-0.4, -0.2) is 39.5 Å². The number of hydrogen-bond acceptors (Lipinski definition) is 3. The van der Waals surface area contributed by atoms with E-state index in [1.807, 2.05) is 0 Å². The molecule has 1 fully saturated rings. The molecule has 1 atom stereocenters. The SMILES string of the molecule is COCCC(C)C1(CNC(C)C)CCOCC1. The zero-order chi connectivity index (χ0) is 12.7. The predicted octanol–water partition coefficient (Wildman–Crippen LogP) is 2.45. The van der Waals surface area contributed by atoms with Crippen molar-refractivity contribution in [1.29, 1.82) is 0 Å². The van der Waals surface area contributed by atoms with Crippen molar-refractivity contribution in [3.63, 3.8) is 0 Å². The molecular formula is C14H29NO2. The first-order valence-electron chi connectivity index (χ1n) is 6.91. The second-order valence-electron chi connectivity index (χ2n) is 5.69. The molecule has 0 amide bonds. The van der Waals surface area contributed by atoms with E-state index in [-0.39, 0.29) is 0 Å². The highest BCUT2D eigenvalue weighted by atomic mass is 16.5. The molecule has 1 N–H and O–H groups in total. The van der Waals surface area contributed by atoms with E-state index in [1.165, 1.54) is 12.8 Å². The van der Waals surface area contributed by atoms with Crippen molar-refractivity contribution in [1.82, 2.24) is 5.32 Å². The number of nitrogens with one attached hydrogen (secondary N) is 1. The third-order valence-corrected chi connectivity index (χ3v) is 4.15. The zero-order valence-electron chi connectivity index (χ0n) is 11.9. The Kier molecular flexibility index (Phi) is 6.45. The van der Waals surface area contributed by atoms with E-state index in [2.05, 4.69) is 26.1 Å². The van der Waals surface area contributed by atoms with Crippen molar-refractivity contribution in [2.45, 2.75) is 46.1 Å². The lowest BCUT2D eigenvalue weighted by molar-refractivity contribution is -0.0217. The summed E-state index contributed by atoms with van der Waals surface area (Å²) in [5, 5.41) is 3.62. The van der Waals surface area contributed by atoms with Gasteiger partial charge >= 0.3 is 0 Å². The second-order valence-corrected chi connectivity index (χ2v) is 5.69. The predicted molar refractivity (Wildman–Crippen MR) is 71.3 cm³/mol. The normalized spacial score (nSPS) is 21.7. The highest BCUT2D eigenvalue weighted by Crippen LogP contribution is 2.39. The minimum atomic E-state index is 0.404. The van der Waals surface area contributed by atoms with Crippen LogP contribution in [0, 0.1) is 11.3 Å². The molecule has 1 aliphatic rings. The van der Waals surface area contributed by atoms with Gasteiger partial charge in [-0.15, -0.1) is 0 Å². The van der Waals surface area contributed by atoms with E-state index in [1.54, 1.807) is 7.11 Å². The summed E-state index contributed by atoms with van der Waals surface area (Å²) in [4.78, 5) is 0. The molecule has 3 heteroatoms. The van der Waals surface area contributed by atoms with Crippen LogP contribution in [-0.2, 0) is 9.47 Å². The summed E-state index contributed by atoms with van der Waals surface area (Å²) in [5.41, 5.74) is 0.404. The van der Waals surface area contributed by atoms with Gasteiger partial charge in [-0.05, 0) is 30.6 Å². The Balaban J connectivity index is 2.56. The summed E-state index contributed by atoms with van der Waals surface area (Å²) in [6, 6.07) is 0.560. The van der Waals surface area contributed by atoms with E-state index in [4.69, 9.17) is 9.47 Å². The maximum Gasteiger partial charge on any atom is 0.0471 e. The molecule has 0 radical (unpaired) electrons. The molecule has 0 aromatic heterocycles. The summed E-state index contributed by atoms with van der Waals surface area (Å²) in [6.07, 6.45) is 3.51. The quantitative estimate of drug-likeness (QED) is 0.745. The Morgan fingerprint density at radius 2 is 1.88 bits per heavy atom. The Labute approximate surface area is 106 Å². The number of hydrogen-bond donors (Lipinski definition) is 1. The van der Waals surface area contributed by atoms with Crippen molar-refractivity contribution in [3.05, 3.63) is 0 Å². The van der Waals surface area contributed by atoms with Crippen LogP contribution in [0.25, 0.3) is 0 Å². The maximum absolute atomic E-state index is 5.53. The molecule has 102 valence electrons. The molecule has 1 rings (SSSR count). The molecule has 0 aromatic carbocycles. The van der Waals surface area contributed by atoms with Gasteiger partial charge in [-0.1, -0.05) is 20.8 Å². The summed E-state index contributed by atoms with van der Waals surface area (Å²) < 4.78 is 10.7. The molecule has 0 saturated carbocycles. The summed E-state index contributed by atoms with van der Waals surface area (Å²) in [5.74, 6) is 0.692. The van der Waals surface area contributed by atoms with Crippen LogP contribution >= 0.6 is 0 Å². The first-order chi connectivity index (χ1) is 8.10. The van der Waals surface area contributed by atoms with Crippen LogP contribution in [0.3, 0.4) is 0 Å². The van der Waals surface area contributed by atoms with Crippen LogP contribution in [0.1, 0.15) is 40.0 Å². The van der Waals surface area contributed by atoms with Crippen LogP contribution in [0.15, 0.2) is 0 Å². The van der Waals surface area contributed by atoms with Crippen LogP contribution in [0.4, 0.5) is 0 Å². The molecule has 1 saturated heterocycles. The van der Waals surface area contributed by atoms with Gasteiger partial charge in [0.2, 0.25) is 0 Å². The number of rotatable bonds is 7. The molecule has 0 spiro atoms. The van der Waals surface area contributed by atoms with Gasteiger partial charge in [-0.25, -0.2) is 0 Å². The molecule has 0 bridgehead atoms. The van der Waals surface area contributed by atoms with Gasteiger partial charge in [0.05, 0.1) is 0 Å².